The van der Waals surface area contributed by atoms with E-state index in [-0.39, 0.29) is 32.0 Å². The number of methoxy groups -OCH3 is 1. The Kier molecular flexibility index (Phi) is 7.58. The van der Waals surface area contributed by atoms with E-state index in [4.69, 9.17) is 9.15 Å². The first-order valence-corrected chi connectivity index (χ1v) is 12.9. The predicted octanol–water partition coefficient (Wildman–Crippen LogP) is 4.22. The molecular formula is C30H20N4O6S. The molecule has 41 heavy (non-hydrogen) atoms. The highest BCUT2D eigenvalue weighted by molar-refractivity contribution is 7.07. The van der Waals surface area contributed by atoms with Crippen molar-refractivity contribution < 1.29 is 18.9 Å². The fourth-order valence-electron chi connectivity index (χ4n) is 4.10. The number of carbonyl (C=O) groups is 1. The van der Waals surface area contributed by atoms with Crippen LogP contribution in [-0.4, -0.2) is 22.5 Å². The smallest absolute Gasteiger partial charge is 0.280 e. The molecule has 5 rings (SSSR count). The first-order valence-electron chi connectivity index (χ1n) is 12.1. The van der Waals surface area contributed by atoms with Crippen LogP contribution in [-0.2, 0) is 4.79 Å². The first-order chi connectivity index (χ1) is 19.9. The van der Waals surface area contributed by atoms with Crippen molar-refractivity contribution in [3.63, 3.8) is 0 Å². The van der Waals surface area contributed by atoms with Gasteiger partial charge in [0.2, 0.25) is 0 Å². The number of thiazole rings is 1. The second kappa shape index (κ2) is 11.6. The van der Waals surface area contributed by atoms with Crippen LogP contribution in [0, 0.1) is 21.4 Å². The van der Waals surface area contributed by atoms with Gasteiger partial charge in [0.1, 0.15) is 28.0 Å². The lowest BCUT2D eigenvalue weighted by Gasteiger charge is -2.07. The van der Waals surface area contributed by atoms with E-state index in [9.17, 15) is 25.0 Å². The summed E-state index contributed by atoms with van der Waals surface area (Å²) in [4.78, 5) is 37.8. The lowest BCUT2D eigenvalue weighted by atomic mass is 10.1. The van der Waals surface area contributed by atoms with Crippen molar-refractivity contribution in [2.75, 3.05) is 12.4 Å². The quantitative estimate of drug-likeness (QED) is 0.231. The molecule has 0 saturated heterocycles. The number of anilines is 1. The van der Waals surface area contributed by atoms with Crippen molar-refractivity contribution in [3.05, 3.63) is 126 Å². The second-order valence-corrected chi connectivity index (χ2v) is 9.57. The van der Waals surface area contributed by atoms with Crippen molar-refractivity contribution in [3.8, 4) is 28.8 Å². The Hall–Kier alpha value is -5.73. The van der Waals surface area contributed by atoms with E-state index in [1.165, 1.54) is 23.8 Å². The van der Waals surface area contributed by atoms with Crippen LogP contribution >= 0.6 is 11.3 Å². The predicted molar refractivity (Wildman–Crippen MR) is 154 cm³/mol. The van der Waals surface area contributed by atoms with Gasteiger partial charge in [-0.25, -0.2) is 0 Å². The molecule has 0 atom stereocenters. The molecular weight excluding hydrogens is 544 g/mol. The van der Waals surface area contributed by atoms with E-state index in [0.717, 1.165) is 11.3 Å². The maximum atomic E-state index is 13.6. The molecule has 5 aromatic rings. The molecule has 0 unspecified atom stereocenters. The Labute approximate surface area is 236 Å². The maximum absolute atomic E-state index is 13.6. The zero-order chi connectivity index (χ0) is 28.9. The summed E-state index contributed by atoms with van der Waals surface area (Å²) >= 11 is 0.950. The number of rotatable bonds is 7. The monoisotopic (exact) mass is 564 g/mol. The average Bonchev–Trinajstić information content (AvgIpc) is 3.58. The molecule has 0 spiro atoms. The lowest BCUT2D eigenvalue weighted by molar-refractivity contribution is -0.384. The third-order valence-electron chi connectivity index (χ3n) is 5.98. The van der Waals surface area contributed by atoms with Crippen LogP contribution in [0.1, 0.15) is 5.76 Å². The molecule has 0 aliphatic rings. The molecule has 0 bridgehead atoms. The SMILES string of the molecule is COc1cccc(NC(=O)/C(C#N)=c2\s/c(=C/c3ccc(-c4ccccc4[N+](=O)[O-])o3)c(=O)n2-c2ccccc2)c1. The number of nitriles is 1. The number of ether oxygens (including phenoxy) is 1. The Morgan fingerprint density at radius 1 is 1.07 bits per heavy atom. The van der Waals surface area contributed by atoms with E-state index in [2.05, 4.69) is 5.32 Å². The Balaban J connectivity index is 1.65. The van der Waals surface area contributed by atoms with Crippen molar-refractivity contribution in [1.29, 1.82) is 5.26 Å². The number of amides is 1. The normalized spacial score (nSPS) is 12.0. The number of hydrogen-bond donors (Lipinski definition) is 1. The van der Waals surface area contributed by atoms with Gasteiger partial charge in [0.15, 0.2) is 5.57 Å². The summed E-state index contributed by atoms with van der Waals surface area (Å²) in [5.41, 5.74) is 0.316. The van der Waals surface area contributed by atoms with Crippen LogP contribution in [0.25, 0.3) is 28.7 Å². The number of nitro groups is 1. The second-order valence-electron chi connectivity index (χ2n) is 8.54. The number of nitro benzene ring substituents is 1. The Morgan fingerprint density at radius 3 is 2.56 bits per heavy atom. The highest BCUT2D eigenvalue weighted by atomic mass is 32.1. The molecule has 0 fully saturated rings. The number of para-hydroxylation sites is 2. The zero-order valence-electron chi connectivity index (χ0n) is 21.4. The van der Waals surface area contributed by atoms with Gasteiger partial charge in [-0.2, -0.15) is 5.26 Å². The van der Waals surface area contributed by atoms with Crippen LogP contribution in [0.3, 0.4) is 0 Å². The minimum Gasteiger partial charge on any atom is -0.497 e. The number of nitrogens with one attached hydrogen (secondary N) is 1. The van der Waals surface area contributed by atoms with Crippen molar-refractivity contribution in [1.82, 2.24) is 4.57 Å². The van der Waals surface area contributed by atoms with Crippen molar-refractivity contribution >= 4 is 40.3 Å². The Bertz CT molecular complexity index is 2000. The summed E-state index contributed by atoms with van der Waals surface area (Å²) in [7, 11) is 1.50. The van der Waals surface area contributed by atoms with Gasteiger partial charge in [-0.1, -0.05) is 36.4 Å². The highest BCUT2D eigenvalue weighted by Crippen LogP contribution is 2.31. The lowest BCUT2D eigenvalue weighted by Crippen LogP contribution is -2.32. The van der Waals surface area contributed by atoms with Gasteiger partial charge < -0.3 is 14.5 Å². The third-order valence-corrected chi connectivity index (χ3v) is 7.08. The van der Waals surface area contributed by atoms with Gasteiger partial charge in [-0.05, 0) is 42.5 Å². The van der Waals surface area contributed by atoms with Gasteiger partial charge in [0, 0.05) is 23.9 Å². The summed E-state index contributed by atoms with van der Waals surface area (Å²) in [6.45, 7) is 0. The minimum atomic E-state index is -0.699. The number of nitrogens with zero attached hydrogens (tertiary/aromatic N) is 3. The van der Waals surface area contributed by atoms with Gasteiger partial charge in [-0.15, -0.1) is 11.3 Å². The average molecular weight is 565 g/mol. The zero-order valence-corrected chi connectivity index (χ0v) is 22.3. The summed E-state index contributed by atoms with van der Waals surface area (Å²) in [6.07, 6.45) is 1.48. The molecule has 11 heteroatoms. The molecule has 10 nitrogen and oxygen atoms in total. The van der Waals surface area contributed by atoms with E-state index in [1.54, 1.807) is 84.9 Å². The molecule has 202 valence electrons. The van der Waals surface area contributed by atoms with E-state index in [0.29, 0.717) is 22.7 Å². The summed E-state index contributed by atoms with van der Waals surface area (Å²) in [5.74, 6) is 0.345. The van der Waals surface area contributed by atoms with Crippen molar-refractivity contribution in [2.24, 2.45) is 0 Å². The molecule has 1 amide bonds. The number of aromatic nitrogens is 1. The van der Waals surface area contributed by atoms with Gasteiger partial charge in [0.25, 0.3) is 17.2 Å². The number of benzene rings is 3. The number of furan rings is 1. The molecule has 3 aromatic carbocycles. The van der Waals surface area contributed by atoms with Crippen LogP contribution in [0.2, 0.25) is 0 Å². The van der Waals surface area contributed by atoms with Crippen molar-refractivity contribution in [2.45, 2.75) is 0 Å². The van der Waals surface area contributed by atoms with Gasteiger partial charge in [-0.3, -0.25) is 24.3 Å². The Morgan fingerprint density at radius 2 is 1.83 bits per heavy atom. The molecule has 2 heterocycles. The highest BCUT2D eigenvalue weighted by Gasteiger charge is 2.19. The first kappa shape index (κ1) is 26.9. The molecule has 0 saturated carbocycles. The maximum Gasteiger partial charge on any atom is 0.280 e. The summed E-state index contributed by atoms with van der Waals surface area (Å²) in [5, 5.41) is 24.2. The van der Waals surface area contributed by atoms with Crippen LogP contribution < -0.4 is 24.8 Å². The topological polar surface area (TPSA) is 140 Å². The van der Waals surface area contributed by atoms with Gasteiger partial charge in [0.05, 0.1) is 27.8 Å². The molecule has 1 N–H and O–H groups in total. The summed E-state index contributed by atoms with van der Waals surface area (Å²) in [6, 6.07) is 26.6. The summed E-state index contributed by atoms with van der Waals surface area (Å²) < 4.78 is 12.7. The van der Waals surface area contributed by atoms with Crippen LogP contribution in [0.15, 0.2) is 100 Å². The number of hydrogen-bond acceptors (Lipinski definition) is 8. The van der Waals surface area contributed by atoms with E-state index in [1.807, 2.05) is 6.07 Å². The molecule has 0 aliphatic carbocycles. The fourth-order valence-corrected chi connectivity index (χ4v) is 5.18. The van der Waals surface area contributed by atoms with Crippen LogP contribution in [0.5, 0.6) is 5.75 Å². The minimum absolute atomic E-state index is 0.117. The van der Waals surface area contributed by atoms with Gasteiger partial charge >= 0.3 is 0 Å². The fraction of sp³-hybridized carbons (Fsp3) is 0.0333. The largest absolute Gasteiger partial charge is 0.497 e. The molecule has 0 radical (unpaired) electrons. The van der Waals surface area contributed by atoms with E-state index < -0.39 is 16.4 Å². The number of carbonyl (C=O) groups excluding carboxylic acids is 1. The van der Waals surface area contributed by atoms with Crippen LogP contribution in [0.4, 0.5) is 11.4 Å². The molecule has 2 aromatic heterocycles. The van der Waals surface area contributed by atoms with E-state index >= 15 is 0 Å². The standard InChI is InChI=1S/C30H20N4O6S/c1-39-21-11-7-8-19(16-21)32-28(35)24(18-31)30-33(20-9-3-2-4-10-20)29(36)27(41-30)17-22-14-15-26(40-22)23-12-5-6-13-25(23)34(37)38/h2-17H,1H3,(H,32,35)/b27-17+,30-24-. The third kappa shape index (κ3) is 5.54. The molecule has 0 aliphatic heterocycles.